The first-order chi connectivity index (χ1) is 11.0. The molecule has 3 aromatic rings. The molecule has 3 nitrogen and oxygen atoms in total. The van der Waals surface area contributed by atoms with Crippen LogP contribution < -0.4 is 5.32 Å². The van der Waals surface area contributed by atoms with E-state index in [-0.39, 0.29) is 10.6 Å². The molecule has 0 aliphatic carbocycles. The number of halogens is 3. The van der Waals surface area contributed by atoms with Crippen molar-refractivity contribution < 1.29 is 13.6 Å². The van der Waals surface area contributed by atoms with Gasteiger partial charge in [0.25, 0.3) is 5.91 Å². The Kier molecular flexibility index (Phi) is 4.36. The molecule has 0 aliphatic rings. The molecule has 0 radical (unpaired) electrons. The average molecular weight is 351 g/mol. The number of carbonyl (C=O) groups is 1. The van der Waals surface area contributed by atoms with Gasteiger partial charge in [-0.15, -0.1) is 11.3 Å². The summed E-state index contributed by atoms with van der Waals surface area (Å²) in [6.07, 6.45) is 1.71. The quantitative estimate of drug-likeness (QED) is 0.676. The zero-order valence-electron chi connectivity index (χ0n) is 11.5. The highest BCUT2D eigenvalue weighted by atomic mass is 35.5. The molecule has 7 heteroatoms. The van der Waals surface area contributed by atoms with Gasteiger partial charge < -0.3 is 5.32 Å². The number of rotatable bonds is 3. The van der Waals surface area contributed by atoms with Crippen LogP contribution >= 0.6 is 22.9 Å². The van der Waals surface area contributed by atoms with E-state index in [1.54, 1.807) is 30.5 Å². The Labute approximate surface area is 139 Å². The second-order valence-corrected chi connectivity index (χ2v) is 5.92. The highest BCUT2D eigenvalue weighted by Gasteiger charge is 2.15. The second-order valence-electron chi connectivity index (χ2n) is 4.61. The number of carbonyl (C=O) groups excluding carboxylic acids is 1. The first-order valence-electron chi connectivity index (χ1n) is 6.50. The molecule has 23 heavy (non-hydrogen) atoms. The third-order valence-corrected chi connectivity index (χ3v) is 4.21. The summed E-state index contributed by atoms with van der Waals surface area (Å²) in [5, 5.41) is 5.17. The summed E-state index contributed by atoms with van der Waals surface area (Å²) < 4.78 is 26.3. The molecule has 0 saturated carbocycles. The first kappa shape index (κ1) is 15.6. The van der Waals surface area contributed by atoms with Gasteiger partial charge >= 0.3 is 0 Å². The summed E-state index contributed by atoms with van der Waals surface area (Å²) in [4.78, 5) is 16.3. The van der Waals surface area contributed by atoms with Gasteiger partial charge in [0, 0.05) is 22.8 Å². The molecule has 1 aromatic heterocycles. The normalized spacial score (nSPS) is 10.6. The minimum atomic E-state index is -1.13. The van der Waals surface area contributed by atoms with E-state index in [2.05, 4.69) is 10.3 Å². The lowest BCUT2D eigenvalue weighted by Gasteiger charge is -2.08. The fraction of sp³-hybridized carbons (Fsp3) is 0. The van der Waals surface area contributed by atoms with Gasteiger partial charge in [-0.1, -0.05) is 11.6 Å². The number of benzene rings is 2. The van der Waals surface area contributed by atoms with Crippen LogP contribution in [0, 0.1) is 11.6 Å². The van der Waals surface area contributed by atoms with Crippen molar-refractivity contribution in [3.05, 3.63) is 70.2 Å². The maximum Gasteiger partial charge on any atom is 0.257 e. The van der Waals surface area contributed by atoms with E-state index >= 15 is 0 Å². The van der Waals surface area contributed by atoms with Gasteiger partial charge in [-0.25, -0.2) is 13.8 Å². The Hall–Kier alpha value is -2.31. The molecule has 0 aliphatic heterocycles. The van der Waals surface area contributed by atoms with Crippen LogP contribution in [0.3, 0.4) is 0 Å². The van der Waals surface area contributed by atoms with Crippen LogP contribution in [0.2, 0.25) is 5.02 Å². The van der Waals surface area contributed by atoms with E-state index < -0.39 is 17.5 Å². The lowest BCUT2D eigenvalue weighted by molar-refractivity contribution is 0.102. The van der Waals surface area contributed by atoms with Crippen molar-refractivity contribution in [1.82, 2.24) is 4.98 Å². The third-order valence-electron chi connectivity index (χ3n) is 3.08. The molecular weight excluding hydrogens is 342 g/mol. The molecule has 0 saturated heterocycles. The number of nitrogens with zero attached hydrogens (tertiary/aromatic N) is 1. The summed E-state index contributed by atoms with van der Waals surface area (Å²) >= 11 is 7.29. The molecule has 1 heterocycles. The van der Waals surface area contributed by atoms with Crippen molar-refractivity contribution in [2.75, 3.05) is 5.32 Å². The predicted molar refractivity (Wildman–Crippen MR) is 86.9 cm³/mol. The fourth-order valence-electron chi connectivity index (χ4n) is 1.96. The van der Waals surface area contributed by atoms with Crippen LogP contribution in [-0.4, -0.2) is 10.9 Å². The zero-order chi connectivity index (χ0) is 16.4. The van der Waals surface area contributed by atoms with E-state index in [0.29, 0.717) is 5.69 Å². The number of hydrogen-bond donors (Lipinski definition) is 1. The van der Waals surface area contributed by atoms with E-state index in [1.165, 1.54) is 11.3 Å². The summed E-state index contributed by atoms with van der Waals surface area (Å²) in [6, 6.07) is 8.56. The SMILES string of the molecule is O=C(Nc1ccc(-c2nccs2)cc1)c1cc(F)c(F)cc1Cl. The lowest BCUT2D eigenvalue weighted by atomic mass is 10.1. The Morgan fingerprint density at radius 2 is 1.83 bits per heavy atom. The molecule has 0 unspecified atom stereocenters. The van der Waals surface area contributed by atoms with Gasteiger partial charge in [-0.3, -0.25) is 4.79 Å². The van der Waals surface area contributed by atoms with Crippen molar-refractivity contribution in [2.45, 2.75) is 0 Å². The van der Waals surface area contributed by atoms with E-state index in [9.17, 15) is 13.6 Å². The maximum atomic E-state index is 13.2. The van der Waals surface area contributed by atoms with Crippen LogP contribution in [0.4, 0.5) is 14.5 Å². The summed E-state index contributed by atoms with van der Waals surface area (Å²) in [5.74, 6) is -2.84. The van der Waals surface area contributed by atoms with Gasteiger partial charge in [0.05, 0.1) is 10.6 Å². The molecule has 0 atom stereocenters. The van der Waals surface area contributed by atoms with E-state index in [4.69, 9.17) is 11.6 Å². The van der Waals surface area contributed by atoms with Crippen molar-refractivity contribution in [1.29, 1.82) is 0 Å². The van der Waals surface area contributed by atoms with Gasteiger partial charge in [0.15, 0.2) is 11.6 Å². The third kappa shape index (κ3) is 3.38. The van der Waals surface area contributed by atoms with Crippen molar-refractivity contribution >= 4 is 34.5 Å². The standard InChI is InChI=1S/C16H9ClF2N2OS/c17-12-8-14(19)13(18)7-11(12)15(22)21-10-3-1-9(2-4-10)16-20-5-6-23-16/h1-8H,(H,21,22). The van der Waals surface area contributed by atoms with Gasteiger partial charge in [-0.2, -0.15) is 0 Å². The minimum absolute atomic E-state index is 0.130. The number of nitrogens with one attached hydrogen (secondary N) is 1. The van der Waals surface area contributed by atoms with Gasteiger partial charge in [0.1, 0.15) is 5.01 Å². The number of thiazole rings is 1. The van der Waals surface area contributed by atoms with Crippen molar-refractivity contribution in [3.63, 3.8) is 0 Å². The predicted octanol–water partition coefficient (Wildman–Crippen LogP) is 4.99. The molecule has 1 N–H and O–H groups in total. The van der Waals surface area contributed by atoms with Crippen LogP contribution in [0.1, 0.15) is 10.4 Å². The van der Waals surface area contributed by atoms with E-state index in [0.717, 1.165) is 22.7 Å². The van der Waals surface area contributed by atoms with Gasteiger partial charge in [0.2, 0.25) is 0 Å². The molecule has 0 bridgehead atoms. The lowest BCUT2D eigenvalue weighted by Crippen LogP contribution is -2.13. The van der Waals surface area contributed by atoms with Crippen LogP contribution in [0.15, 0.2) is 48.0 Å². The Bertz CT molecular complexity index is 851. The molecule has 0 fully saturated rings. The summed E-state index contributed by atoms with van der Waals surface area (Å²) in [5.41, 5.74) is 1.30. The highest BCUT2D eigenvalue weighted by Crippen LogP contribution is 2.24. The Morgan fingerprint density at radius 1 is 1.13 bits per heavy atom. The minimum Gasteiger partial charge on any atom is -0.322 e. The molecular formula is C16H9ClF2N2OS. The highest BCUT2D eigenvalue weighted by molar-refractivity contribution is 7.13. The molecule has 0 spiro atoms. The first-order valence-corrected chi connectivity index (χ1v) is 7.76. The number of aromatic nitrogens is 1. The number of amides is 1. The largest absolute Gasteiger partial charge is 0.322 e. The van der Waals surface area contributed by atoms with Crippen molar-refractivity contribution in [2.24, 2.45) is 0 Å². The summed E-state index contributed by atoms with van der Waals surface area (Å²) in [7, 11) is 0. The number of hydrogen-bond acceptors (Lipinski definition) is 3. The van der Waals surface area contributed by atoms with Crippen LogP contribution in [0.25, 0.3) is 10.6 Å². The zero-order valence-corrected chi connectivity index (χ0v) is 13.1. The van der Waals surface area contributed by atoms with Crippen LogP contribution in [0.5, 0.6) is 0 Å². The number of anilines is 1. The average Bonchev–Trinajstić information content (AvgIpc) is 3.06. The Balaban J connectivity index is 1.79. The van der Waals surface area contributed by atoms with E-state index in [1.807, 2.05) is 5.38 Å². The van der Waals surface area contributed by atoms with Gasteiger partial charge in [-0.05, 0) is 36.4 Å². The Morgan fingerprint density at radius 3 is 2.48 bits per heavy atom. The second kappa shape index (κ2) is 6.44. The topological polar surface area (TPSA) is 42.0 Å². The molecule has 3 rings (SSSR count). The fourth-order valence-corrected chi connectivity index (χ4v) is 2.84. The maximum absolute atomic E-state index is 13.2. The molecule has 116 valence electrons. The monoisotopic (exact) mass is 350 g/mol. The van der Waals surface area contributed by atoms with Crippen LogP contribution in [-0.2, 0) is 0 Å². The molecule has 1 amide bonds. The van der Waals surface area contributed by atoms with Crippen molar-refractivity contribution in [3.8, 4) is 10.6 Å². The smallest absolute Gasteiger partial charge is 0.257 e. The summed E-state index contributed by atoms with van der Waals surface area (Å²) in [6.45, 7) is 0. The molecule has 2 aromatic carbocycles.